The molecule has 0 unspecified atom stereocenters. The Morgan fingerprint density at radius 2 is 1.94 bits per heavy atom. The number of rotatable bonds is 8. The van der Waals surface area contributed by atoms with Crippen molar-refractivity contribution in [2.45, 2.75) is 37.5 Å². The van der Waals surface area contributed by atoms with Gasteiger partial charge in [0.15, 0.2) is 11.5 Å². The van der Waals surface area contributed by atoms with Crippen LogP contribution < -0.4 is 20.1 Å². The average Bonchev–Trinajstić information content (AvgIpc) is 3.28. The van der Waals surface area contributed by atoms with Crippen molar-refractivity contribution in [3.05, 3.63) is 23.8 Å². The molecule has 176 valence electrons. The van der Waals surface area contributed by atoms with E-state index in [-0.39, 0.29) is 37.4 Å². The molecule has 4 rings (SSSR count). The highest BCUT2D eigenvalue weighted by molar-refractivity contribution is 5.95. The lowest BCUT2D eigenvalue weighted by molar-refractivity contribution is -0.123. The predicted octanol–water partition coefficient (Wildman–Crippen LogP) is -0.108. The van der Waals surface area contributed by atoms with Crippen LogP contribution in [-0.4, -0.2) is 92.9 Å². The molecule has 0 aliphatic carbocycles. The van der Waals surface area contributed by atoms with Crippen LogP contribution in [-0.2, 0) is 14.3 Å². The van der Waals surface area contributed by atoms with Gasteiger partial charge in [0.05, 0.1) is 38.5 Å². The molecular weight excluding hydrogens is 418 g/mol. The van der Waals surface area contributed by atoms with Crippen LogP contribution in [0.2, 0.25) is 0 Å². The maximum atomic E-state index is 12.7. The molecule has 0 radical (unpaired) electrons. The highest BCUT2D eigenvalue weighted by atomic mass is 16.7. The van der Waals surface area contributed by atoms with E-state index in [9.17, 15) is 14.7 Å². The van der Waals surface area contributed by atoms with Gasteiger partial charge in [0, 0.05) is 25.2 Å². The van der Waals surface area contributed by atoms with Gasteiger partial charge in [-0.3, -0.25) is 14.5 Å². The first-order valence-electron chi connectivity index (χ1n) is 11.2. The standard InChI is InChI=1S/C22H31N3O7/c26-13-20-17(24-22(28)15-1-4-18-19(11-15)31-14-30-18)3-2-16(32-20)5-6-23-21(27)12-25-7-9-29-10-8-25/h1,4,11,16-17,20,26H,2-3,5-10,12-14H2,(H,23,27)(H,24,28)/t16-,17-,20+/m1/s1. The Labute approximate surface area is 187 Å². The third kappa shape index (κ3) is 5.89. The van der Waals surface area contributed by atoms with Gasteiger partial charge >= 0.3 is 0 Å². The monoisotopic (exact) mass is 449 g/mol. The Balaban J connectivity index is 1.19. The third-order valence-electron chi connectivity index (χ3n) is 6.01. The summed E-state index contributed by atoms with van der Waals surface area (Å²) in [6.07, 6.45) is 1.52. The van der Waals surface area contributed by atoms with Crippen molar-refractivity contribution in [2.75, 3.05) is 52.8 Å². The molecule has 3 atom stereocenters. The van der Waals surface area contributed by atoms with Crippen LogP contribution in [0, 0.1) is 0 Å². The van der Waals surface area contributed by atoms with Gasteiger partial charge in [-0.05, 0) is 37.5 Å². The van der Waals surface area contributed by atoms with Crippen LogP contribution in [0.4, 0.5) is 0 Å². The number of nitrogens with one attached hydrogen (secondary N) is 2. The number of carbonyl (C=O) groups is 2. The number of benzene rings is 1. The van der Waals surface area contributed by atoms with Gasteiger partial charge < -0.3 is 34.7 Å². The number of morpholine rings is 1. The summed E-state index contributed by atoms with van der Waals surface area (Å²) in [4.78, 5) is 26.9. The molecule has 10 heteroatoms. The highest BCUT2D eigenvalue weighted by Crippen LogP contribution is 2.32. The van der Waals surface area contributed by atoms with Crippen molar-refractivity contribution in [2.24, 2.45) is 0 Å². The van der Waals surface area contributed by atoms with E-state index in [1.54, 1.807) is 18.2 Å². The topological polar surface area (TPSA) is 119 Å². The molecule has 2 amide bonds. The Hall–Kier alpha value is -2.40. The van der Waals surface area contributed by atoms with Crippen LogP contribution in [0.5, 0.6) is 11.5 Å². The summed E-state index contributed by atoms with van der Waals surface area (Å²) in [6.45, 7) is 3.73. The second kappa shape index (κ2) is 11.0. The quantitative estimate of drug-likeness (QED) is 0.503. The maximum absolute atomic E-state index is 12.7. The Bertz CT molecular complexity index is 800. The van der Waals surface area contributed by atoms with Gasteiger partial charge in [-0.2, -0.15) is 0 Å². The largest absolute Gasteiger partial charge is 0.454 e. The number of fused-ring (bicyclic) bond motifs is 1. The summed E-state index contributed by atoms with van der Waals surface area (Å²) in [5.41, 5.74) is 0.469. The summed E-state index contributed by atoms with van der Waals surface area (Å²) in [6, 6.07) is 4.76. The van der Waals surface area contributed by atoms with E-state index in [1.807, 2.05) is 0 Å². The minimum Gasteiger partial charge on any atom is -0.454 e. The van der Waals surface area contributed by atoms with Crippen LogP contribution >= 0.6 is 0 Å². The molecule has 3 N–H and O–H groups in total. The SMILES string of the molecule is O=C(CN1CCOCC1)NCC[C@H]1CC[C@@H](NC(=O)c2ccc3c(c2)OCO3)[C@H](CO)O1. The molecule has 3 heterocycles. The lowest BCUT2D eigenvalue weighted by Crippen LogP contribution is -2.51. The third-order valence-corrected chi connectivity index (χ3v) is 6.01. The first-order valence-corrected chi connectivity index (χ1v) is 11.2. The number of nitrogens with zero attached hydrogens (tertiary/aromatic N) is 1. The van der Waals surface area contributed by atoms with Gasteiger partial charge in [0.1, 0.15) is 6.10 Å². The second-order valence-corrected chi connectivity index (χ2v) is 8.23. The predicted molar refractivity (Wildman–Crippen MR) is 114 cm³/mol. The second-order valence-electron chi connectivity index (χ2n) is 8.23. The smallest absolute Gasteiger partial charge is 0.251 e. The van der Waals surface area contributed by atoms with Crippen LogP contribution in [0.25, 0.3) is 0 Å². The lowest BCUT2D eigenvalue weighted by atomic mass is 9.96. The zero-order chi connectivity index (χ0) is 22.3. The van der Waals surface area contributed by atoms with Crippen molar-refractivity contribution in [3.63, 3.8) is 0 Å². The Kier molecular flexibility index (Phi) is 7.80. The van der Waals surface area contributed by atoms with Crippen molar-refractivity contribution in [3.8, 4) is 11.5 Å². The number of amides is 2. The summed E-state index contributed by atoms with van der Waals surface area (Å²) < 4.78 is 21.9. The molecule has 1 aromatic rings. The molecule has 3 aliphatic rings. The fourth-order valence-electron chi connectivity index (χ4n) is 4.19. The zero-order valence-electron chi connectivity index (χ0n) is 18.1. The molecular formula is C22H31N3O7. The molecule has 0 aromatic heterocycles. The number of hydrogen-bond donors (Lipinski definition) is 3. The Morgan fingerprint density at radius 1 is 1.12 bits per heavy atom. The van der Waals surface area contributed by atoms with E-state index in [0.29, 0.717) is 56.2 Å². The lowest BCUT2D eigenvalue weighted by Gasteiger charge is -2.36. The summed E-state index contributed by atoms with van der Waals surface area (Å²) in [7, 11) is 0. The van der Waals surface area contributed by atoms with E-state index in [0.717, 1.165) is 19.5 Å². The highest BCUT2D eigenvalue weighted by Gasteiger charge is 2.32. The van der Waals surface area contributed by atoms with E-state index in [2.05, 4.69) is 15.5 Å². The molecule has 0 bridgehead atoms. The van der Waals surface area contributed by atoms with Crippen LogP contribution in [0.1, 0.15) is 29.6 Å². The van der Waals surface area contributed by atoms with Crippen molar-refractivity contribution in [1.29, 1.82) is 0 Å². The fourth-order valence-corrected chi connectivity index (χ4v) is 4.19. The van der Waals surface area contributed by atoms with Crippen molar-refractivity contribution < 1.29 is 33.6 Å². The van der Waals surface area contributed by atoms with Crippen molar-refractivity contribution in [1.82, 2.24) is 15.5 Å². The minimum absolute atomic E-state index is 0.00437. The number of aliphatic hydroxyl groups excluding tert-OH is 1. The number of carbonyl (C=O) groups excluding carboxylic acids is 2. The molecule has 10 nitrogen and oxygen atoms in total. The molecule has 0 spiro atoms. The van der Waals surface area contributed by atoms with Crippen molar-refractivity contribution >= 4 is 11.8 Å². The molecule has 3 aliphatic heterocycles. The number of aliphatic hydroxyl groups is 1. The minimum atomic E-state index is -0.490. The first-order chi connectivity index (χ1) is 15.6. The Morgan fingerprint density at radius 3 is 2.75 bits per heavy atom. The molecule has 0 saturated carbocycles. The van der Waals surface area contributed by atoms with Gasteiger partial charge in [-0.15, -0.1) is 0 Å². The molecule has 32 heavy (non-hydrogen) atoms. The zero-order valence-corrected chi connectivity index (χ0v) is 18.1. The summed E-state index contributed by atoms with van der Waals surface area (Å²) >= 11 is 0. The van der Waals surface area contributed by atoms with E-state index in [1.165, 1.54) is 0 Å². The first kappa shape index (κ1) is 22.8. The molecule has 1 aromatic carbocycles. The maximum Gasteiger partial charge on any atom is 0.251 e. The van der Waals surface area contributed by atoms with Gasteiger partial charge in [-0.25, -0.2) is 0 Å². The average molecular weight is 450 g/mol. The molecule has 2 fully saturated rings. The van der Waals surface area contributed by atoms with Crippen LogP contribution in [0.15, 0.2) is 18.2 Å². The fraction of sp³-hybridized carbons (Fsp3) is 0.636. The van der Waals surface area contributed by atoms with Gasteiger partial charge in [-0.1, -0.05) is 0 Å². The number of ether oxygens (including phenoxy) is 4. The van der Waals surface area contributed by atoms with Gasteiger partial charge in [0.25, 0.3) is 5.91 Å². The van der Waals surface area contributed by atoms with E-state index in [4.69, 9.17) is 18.9 Å². The normalized spacial score (nSPS) is 25.3. The van der Waals surface area contributed by atoms with E-state index < -0.39 is 6.10 Å². The number of hydrogen-bond acceptors (Lipinski definition) is 8. The van der Waals surface area contributed by atoms with Gasteiger partial charge in [0.2, 0.25) is 12.7 Å². The summed E-state index contributed by atoms with van der Waals surface area (Å²) in [5, 5.41) is 15.7. The van der Waals surface area contributed by atoms with Crippen LogP contribution in [0.3, 0.4) is 0 Å². The molecule has 2 saturated heterocycles. The summed E-state index contributed by atoms with van der Waals surface area (Å²) in [5.74, 6) is 0.919. The van der Waals surface area contributed by atoms with E-state index >= 15 is 0 Å².